The molecule has 3 aromatic carbocycles. The van der Waals surface area contributed by atoms with Crippen LogP contribution in [0.2, 0.25) is 5.02 Å². The van der Waals surface area contributed by atoms with Crippen LogP contribution in [0.15, 0.2) is 76.8 Å². The molecule has 0 aromatic heterocycles. The first-order valence-corrected chi connectivity index (χ1v) is 16.5. The van der Waals surface area contributed by atoms with Crippen LogP contribution in [0.1, 0.15) is 37.3 Å². The first-order valence-electron chi connectivity index (χ1n) is 15.4. The molecule has 3 aromatic rings. The third kappa shape index (κ3) is 8.71. The van der Waals surface area contributed by atoms with Gasteiger partial charge in [-0.1, -0.05) is 57.9 Å². The van der Waals surface area contributed by atoms with Gasteiger partial charge in [0.1, 0.15) is 30.5 Å². The fourth-order valence-electron chi connectivity index (χ4n) is 5.99. The zero-order valence-corrected chi connectivity index (χ0v) is 28.2. The Labute approximate surface area is 286 Å². The number of benzene rings is 3. The number of piperazine rings is 1. The Hall–Kier alpha value is -3.93. The van der Waals surface area contributed by atoms with Crippen molar-refractivity contribution in [2.24, 2.45) is 0 Å². The Morgan fingerprint density at radius 2 is 1.79 bits per heavy atom. The molecule has 47 heavy (non-hydrogen) atoms. The Kier molecular flexibility index (Phi) is 11.5. The smallest absolute Gasteiger partial charge is 0.290 e. The van der Waals surface area contributed by atoms with Crippen molar-refractivity contribution in [3.63, 3.8) is 0 Å². The summed E-state index contributed by atoms with van der Waals surface area (Å²) in [6, 6.07) is 19.8. The molecule has 1 saturated carbocycles. The molecule has 2 atom stereocenters. The average Bonchev–Trinajstić information content (AvgIpc) is 3.90. The average molecular weight is 729 g/mol. The predicted octanol–water partition coefficient (Wildman–Crippen LogP) is 5.94. The van der Waals surface area contributed by atoms with Crippen LogP contribution in [-0.4, -0.2) is 77.6 Å². The first kappa shape index (κ1) is 34.4. The molecule has 248 valence electrons. The molecule has 2 amide bonds. The monoisotopic (exact) mass is 727 g/mol. The number of nitrogens with one attached hydrogen (secondary N) is 1. The predicted molar refractivity (Wildman–Crippen MR) is 180 cm³/mol. The molecule has 2 N–H and O–H groups in total. The maximum absolute atomic E-state index is 14.5. The molecular formula is C35H36BrClFN3O6. The van der Waals surface area contributed by atoms with Crippen LogP contribution < -0.4 is 14.8 Å². The lowest BCUT2D eigenvalue weighted by Crippen LogP contribution is -2.61. The van der Waals surface area contributed by atoms with E-state index in [4.69, 9.17) is 31.0 Å². The van der Waals surface area contributed by atoms with Gasteiger partial charge in [0.15, 0.2) is 0 Å². The van der Waals surface area contributed by atoms with Crippen LogP contribution in [0.3, 0.4) is 0 Å². The number of fused-ring (bicyclic) bond motifs is 2. The highest BCUT2D eigenvalue weighted by Gasteiger charge is 2.43. The molecule has 2 heterocycles. The molecule has 0 radical (unpaired) electrons. The van der Waals surface area contributed by atoms with Gasteiger partial charge in [-0.2, -0.15) is 0 Å². The van der Waals surface area contributed by atoms with Crippen molar-refractivity contribution < 1.29 is 33.4 Å². The highest BCUT2D eigenvalue weighted by molar-refractivity contribution is 9.10. The minimum absolute atomic E-state index is 0.0214. The summed E-state index contributed by atoms with van der Waals surface area (Å²) < 4.78 is 25.9. The number of nitrogens with zero attached hydrogens (tertiary/aromatic N) is 2. The summed E-state index contributed by atoms with van der Waals surface area (Å²) in [7, 11) is 0. The van der Waals surface area contributed by atoms with E-state index in [2.05, 4.69) is 21.2 Å². The molecule has 1 aliphatic carbocycles. The number of hydrogen-bond donors (Lipinski definition) is 2. The fourth-order valence-corrected chi connectivity index (χ4v) is 6.58. The molecule has 2 fully saturated rings. The Morgan fingerprint density at radius 1 is 1.09 bits per heavy atom. The van der Waals surface area contributed by atoms with Gasteiger partial charge in [0, 0.05) is 54.8 Å². The van der Waals surface area contributed by atoms with Crippen LogP contribution in [0.25, 0.3) is 5.57 Å². The topological polar surface area (TPSA) is 108 Å². The standard InChI is InChI=1S/C34H34BrClFN3O4.CH2O2/c1-21(41)39-19-25-17-28(22-6-11-27(12-7-22)43-14-15-44-32-16-24(37)8-13-30(32)36)33(31(20-39)38-25)34(42)40(26-9-10-26)18-23-4-2-3-5-29(23)35;2-1-3/h2-8,11-13,16,25-26,31,38H,9-10,14-15,17-20H2,1H3;1H,(H,2,3). The van der Waals surface area contributed by atoms with Gasteiger partial charge in [0.05, 0.1) is 11.1 Å². The highest BCUT2D eigenvalue weighted by atomic mass is 79.9. The number of carbonyl (C=O) groups is 3. The molecule has 2 unspecified atom stereocenters. The molecule has 3 aliphatic rings. The normalized spacial score (nSPS) is 18.5. The van der Waals surface area contributed by atoms with Crippen molar-refractivity contribution in [1.82, 2.24) is 15.1 Å². The van der Waals surface area contributed by atoms with E-state index in [0.717, 1.165) is 39.6 Å². The van der Waals surface area contributed by atoms with E-state index in [1.165, 1.54) is 18.2 Å². The van der Waals surface area contributed by atoms with Crippen molar-refractivity contribution in [2.45, 2.75) is 50.9 Å². The summed E-state index contributed by atoms with van der Waals surface area (Å²) in [5, 5.41) is 10.9. The van der Waals surface area contributed by atoms with Gasteiger partial charge in [-0.3, -0.25) is 14.4 Å². The largest absolute Gasteiger partial charge is 0.490 e. The number of carboxylic acid groups (broad SMARTS) is 1. The van der Waals surface area contributed by atoms with Crippen molar-refractivity contribution >= 4 is 51.4 Å². The molecule has 2 bridgehead atoms. The third-order valence-electron chi connectivity index (χ3n) is 8.33. The number of carbonyl (C=O) groups excluding carboxylic acids is 2. The van der Waals surface area contributed by atoms with E-state index in [1.807, 2.05) is 58.3 Å². The van der Waals surface area contributed by atoms with E-state index in [0.29, 0.717) is 36.8 Å². The summed E-state index contributed by atoms with van der Waals surface area (Å²) in [5.74, 6) is 0.551. The summed E-state index contributed by atoms with van der Waals surface area (Å²) >= 11 is 9.73. The molecule has 1 saturated heterocycles. The van der Waals surface area contributed by atoms with Gasteiger partial charge in [-0.15, -0.1) is 0 Å². The maximum atomic E-state index is 14.5. The Morgan fingerprint density at radius 3 is 2.47 bits per heavy atom. The highest BCUT2D eigenvalue weighted by Crippen LogP contribution is 2.38. The molecule has 6 rings (SSSR count). The van der Waals surface area contributed by atoms with Crippen LogP contribution in [-0.2, 0) is 20.9 Å². The van der Waals surface area contributed by atoms with Crippen LogP contribution >= 0.6 is 27.5 Å². The molecular weight excluding hydrogens is 693 g/mol. The van der Waals surface area contributed by atoms with E-state index in [9.17, 15) is 14.0 Å². The van der Waals surface area contributed by atoms with Crippen LogP contribution in [0.4, 0.5) is 4.39 Å². The summed E-state index contributed by atoms with van der Waals surface area (Å²) in [6.45, 7) is 3.37. The lowest BCUT2D eigenvalue weighted by Gasteiger charge is -2.44. The lowest BCUT2D eigenvalue weighted by atomic mass is 9.82. The second kappa shape index (κ2) is 15.8. The van der Waals surface area contributed by atoms with E-state index in [-0.39, 0.29) is 55.4 Å². The Bertz CT molecular complexity index is 1630. The molecule has 0 spiro atoms. The quantitative estimate of drug-likeness (QED) is 0.197. The second-order valence-corrected chi connectivity index (χ2v) is 12.9. The number of amides is 2. The fraction of sp³-hybridized carbons (Fsp3) is 0.343. The van der Waals surface area contributed by atoms with Crippen LogP contribution in [0.5, 0.6) is 11.5 Å². The van der Waals surface area contributed by atoms with Crippen molar-refractivity contribution in [1.29, 1.82) is 0 Å². The van der Waals surface area contributed by atoms with Crippen LogP contribution in [0, 0.1) is 5.82 Å². The summed E-state index contributed by atoms with van der Waals surface area (Å²) in [5.41, 5.74) is 3.78. The lowest BCUT2D eigenvalue weighted by molar-refractivity contribution is -0.132. The van der Waals surface area contributed by atoms with Gasteiger partial charge in [-0.25, -0.2) is 4.39 Å². The minimum Gasteiger partial charge on any atom is -0.490 e. The van der Waals surface area contributed by atoms with E-state index >= 15 is 0 Å². The first-order chi connectivity index (χ1) is 22.7. The maximum Gasteiger partial charge on any atom is 0.290 e. The molecule has 2 aliphatic heterocycles. The van der Waals surface area contributed by atoms with Crippen molar-refractivity contribution in [3.8, 4) is 11.5 Å². The number of hydrogen-bond acceptors (Lipinski definition) is 6. The number of rotatable bonds is 10. The van der Waals surface area contributed by atoms with E-state index < -0.39 is 5.82 Å². The van der Waals surface area contributed by atoms with Gasteiger partial charge in [0.25, 0.3) is 12.4 Å². The van der Waals surface area contributed by atoms with Gasteiger partial charge < -0.3 is 29.7 Å². The molecule has 9 nitrogen and oxygen atoms in total. The third-order valence-corrected chi connectivity index (χ3v) is 9.42. The van der Waals surface area contributed by atoms with Crippen molar-refractivity contribution in [3.05, 3.63) is 98.7 Å². The van der Waals surface area contributed by atoms with Gasteiger partial charge >= 0.3 is 0 Å². The SMILES string of the molecule is CC(=O)N1CC2CC(c3ccc(OCCOc4cc(F)ccc4Cl)cc3)=C(C(=O)N(Cc3ccccc3Br)C3CC3)C(C1)N2.O=CO. The molecule has 12 heteroatoms. The minimum atomic E-state index is -0.419. The van der Waals surface area contributed by atoms with Gasteiger partial charge in [0.2, 0.25) is 5.91 Å². The van der Waals surface area contributed by atoms with E-state index in [1.54, 1.807) is 6.92 Å². The number of ether oxygens (including phenoxy) is 2. The van der Waals surface area contributed by atoms with Crippen molar-refractivity contribution in [2.75, 3.05) is 26.3 Å². The summed E-state index contributed by atoms with van der Waals surface area (Å²) in [6.07, 6.45) is 2.61. The second-order valence-electron chi connectivity index (χ2n) is 11.6. The zero-order chi connectivity index (χ0) is 33.5. The van der Waals surface area contributed by atoms with Gasteiger partial charge in [-0.05, 0) is 66.3 Å². The zero-order valence-electron chi connectivity index (χ0n) is 25.8. The summed E-state index contributed by atoms with van der Waals surface area (Å²) in [4.78, 5) is 39.1. The number of halogens is 3. The Balaban J connectivity index is 0.00000139.